The van der Waals surface area contributed by atoms with E-state index in [1.165, 1.54) is 28.6 Å². The van der Waals surface area contributed by atoms with Gasteiger partial charge in [-0.2, -0.15) is 14.7 Å². The maximum absolute atomic E-state index is 13.0. The van der Waals surface area contributed by atoms with Gasteiger partial charge in [0.15, 0.2) is 0 Å². The van der Waals surface area contributed by atoms with Gasteiger partial charge in [-0.25, -0.2) is 13.1 Å². The third kappa shape index (κ3) is 4.71. The van der Waals surface area contributed by atoms with Crippen LogP contribution in [0.3, 0.4) is 0 Å². The normalized spacial score (nSPS) is 14.7. The lowest BCUT2D eigenvalue weighted by Crippen LogP contribution is -2.50. The molecule has 1 aliphatic rings. The van der Waals surface area contributed by atoms with Gasteiger partial charge in [0, 0.05) is 42.5 Å². The van der Waals surface area contributed by atoms with E-state index in [9.17, 15) is 13.2 Å². The van der Waals surface area contributed by atoms with E-state index < -0.39 is 10.0 Å². The highest BCUT2D eigenvalue weighted by Crippen LogP contribution is 2.22. The molecule has 0 radical (unpaired) electrons. The molecule has 3 aromatic rings. The highest BCUT2D eigenvalue weighted by Gasteiger charge is 2.30. The molecule has 176 valence electrons. The second-order valence-corrected chi connectivity index (χ2v) is 10.5. The molecule has 1 aliphatic heterocycles. The highest BCUT2D eigenvalue weighted by molar-refractivity contribution is 7.89. The Morgan fingerprint density at radius 2 is 1.65 bits per heavy atom. The van der Waals surface area contributed by atoms with Gasteiger partial charge in [-0.1, -0.05) is 11.6 Å². The van der Waals surface area contributed by atoms with E-state index in [1.54, 1.807) is 21.7 Å². The number of aryl methyl sites for hydroxylation is 1. The smallest absolute Gasteiger partial charge is 0.243 e. The number of piperazine rings is 1. The monoisotopic (exact) mass is 497 g/mol. The molecular weight excluding hydrogens is 474 g/mol. The molecule has 10 heteroatoms. The number of nitriles is 1. The summed E-state index contributed by atoms with van der Waals surface area (Å²) in [5.41, 5.74) is 3.80. The SMILES string of the molecule is Cc1nn(-c2ccc(Cl)cc2)c(C)c1CC(=O)N1CCN(S(=O)(=O)c2ccc(C#N)cc2)CC1. The summed E-state index contributed by atoms with van der Waals surface area (Å²) in [6, 6.07) is 15.2. The van der Waals surface area contributed by atoms with Crippen LogP contribution in [-0.4, -0.2) is 59.5 Å². The first-order valence-corrected chi connectivity index (χ1v) is 12.6. The number of amides is 1. The Morgan fingerprint density at radius 1 is 1.03 bits per heavy atom. The average Bonchev–Trinajstić information content (AvgIpc) is 3.13. The van der Waals surface area contributed by atoms with Crippen LogP contribution in [0.1, 0.15) is 22.5 Å². The number of hydrogen-bond acceptors (Lipinski definition) is 5. The Kier molecular flexibility index (Phi) is 6.75. The quantitative estimate of drug-likeness (QED) is 0.539. The van der Waals surface area contributed by atoms with Crippen molar-refractivity contribution in [2.75, 3.05) is 26.2 Å². The first kappa shape index (κ1) is 24.0. The number of halogens is 1. The number of carbonyl (C=O) groups excluding carboxylic acids is 1. The van der Waals surface area contributed by atoms with E-state index in [0.29, 0.717) is 23.7 Å². The molecule has 0 bridgehead atoms. The minimum atomic E-state index is -3.68. The first-order valence-electron chi connectivity index (χ1n) is 10.8. The van der Waals surface area contributed by atoms with E-state index in [0.717, 1.165) is 22.6 Å². The molecular formula is C24H24ClN5O3S. The molecule has 0 N–H and O–H groups in total. The van der Waals surface area contributed by atoms with Crippen LogP contribution in [-0.2, 0) is 21.2 Å². The second-order valence-electron chi connectivity index (χ2n) is 8.14. The van der Waals surface area contributed by atoms with E-state index >= 15 is 0 Å². The Hall–Kier alpha value is -3.19. The number of rotatable bonds is 5. The molecule has 4 rings (SSSR count). The van der Waals surface area contributed by atoms with Crippen molar-refractivity contribution in [3.05, 3.63) is 76.1 Å². The summed E-state index contributed by atoms with van der Waals surface area (Å²) in [5, 5.41) is 14.1. The molecule has 1 amide bonds. The molecule has 0 atom stereocenters. The predicted molar refractivity (Wildman–Crippen MR) is 128 cm³/mol. The van der Waals surface area contributed by atoms with Gasteiger partial charge < -0.3 is 4.90 Å². The zero-order chi connectivity index (χ0) is 24.5. The van der Waals surface area contributed by atoms with Gasteiger partial charge in [-0.3, -0.25) is 4.79 Å². The molecule has 0 unspecified atom stereocenters. The maximum Gasteiger partial charge on any atom is 0.243 e. The summed E-state index contributed by atoms with van der Waals surface area (Å²) >= 11 is 5.98. The van der Waals surface area contributed by atoms with Crippen LogP contribution in [0.4, 0.5) is 0 Å². The van der Waals surface area contributed by atoms with Crippen LogP contribution < -0.4 is 0 Å². The minimum absolute atomic E-state index is 0.0581. The number of sulfonamides is 1. The first-order chi connectivity index (χ1) is 16.2. The fourth-order valence-electron chi connectivity index (χ4n) is 4.06. The number of hydrogen-bond donors (Lipinski definition) is 0. The van der Waals surface area contributed by atoms with Crippen LogP contribution in [0, 0.1) is 25.2 Å². The fraction of sp³-hybridized carbons (Fsp3) is 0.292. The summed E-state index contributed by atoms with van der Waals surface area (Å²) in [5.74, 6) is -0.0581. The summed E-state index contributed by atoms with van der Waals surface area (Å²) in [6.07, 6.45) is 0.202. The van der Waals surface area contributed by atoms with Crippen molar-refractivity contribution < 1.29 is 13.2 Å². The van der Waals surface area contributed by atoms with Crippen molar-refractivity contribution in [3.63, 3.8) is 0 Å². The lowest BCUT2D eigenvalue weighted by atomic mass is 10.1. The number of nitrogens with zero attached hydrogens (tertiary/aromatic N) is 5. The molecule has 0 saturated carbocycles. The van der Waals surface area contributed by atoms with E-state index in [2.05, 4.69) is 5.10 Å². The Labute approximate surface area is 204 Å². The van der Waals surface area contributed by atoms with Crippen LogP contribution in [0.5, 0.6) is 0 Å². The lowest BCUT2D eigenvalue weighted by molar-refractivity contribution is -0.131. The molecule has 2 aromatic carbocycles. The number of carbonyl (C=O) groups is 1. The molecule has 0 spiro atoms. The number of aromatic nitrogens is 2. The van der Waals surface area contributed by atoms with Crippen molar-refractivity contribution in [2.45, 2.75) is 25.2 Å². The van der Waals surface area contributed by atoms with Gasteiger partial charge in [-0.05, 0) is 62.4 Å². The Bertz CT molecular complexity index is 1350. The van der Waals surface area contributed by atoms with Crippen LogP contribution in [0.2, 0.25) is 5.02 Å². The molecule has 1 saturated heterocycles. The van der Waals surface area contributed by atoms with Crippen LogP contribution in [0.15, 0.2) is 53.4 Å². The zero-order valence-corrected chi connectivity index (χ0v) is 20.5. The predicted octanol–water partition coefficient (Wildman–Crippen LogP) is 3.09. The summed E-state index contributed by atoms with van der Waals surface area (Å²) in [6.45, 7) is 4.88. The zero-order valence-electron chi connectivity index (χ0n) is 18.9. The van der Waals surface area contributed by atoms with Crippen molar-refractivity contribution in [2.24, 2.45) is 0 Å². The van der Waals surface area contributed by atoms with E-state index in [-0.39, 0.29) is 30.3 Å². The summed E-state index contributed by atoms with van der Waals surface area (Å²) < 4.78 is 29.0. The molecule has 2 heterocycles. The number of benzene rings is 2. The van der Waals surface area contributed by atoms with Crippen molar-refractivity contribution >= 4 is 27.5 Å². The third-order valence-corrected chi connectivity index (χ3v) is 8.22. The van der Waals surface area contributed by atoms with Crippen LogP contribution >= 0.6 is 11.6 Å². The standard InChI is InChI=1S/C24H24ClN5O3S/c1-17-23(18(2)30(27-17)21-7-5-20(25)6-8-21)15-24(31)28-11-13-29(14-12-28)34(32,33)22-9-3-19(16-26)4-10-22/h3-10H,11-15H2,1-2H3. The lowest BCUT2D eigenvalue weighted by Gasteiger charge is -2.34. The largest absolute Gasteiger partial charge is 0.340 e. The van der Waals surface area contributed by atoms with Crippen molar-refractivity contribution in [1.82, 2.24) is 19.0 Å². The van der Waals surface area contributed by atoms with Gasteiger partial charge in [0.1, 0.15) is 0 Å². The maximum atomic E-state index is 13.0. The average molecular weight is 498 g/mol. The fourth-order valence-corrected chi connectivity index (χ4v) is 5.60. The molecule has 34 heavy (non-hydrogen) atoms. The van der Waals surface area contributed by atoms with Crippen molar-refractivity contribution in [1.29, 1.82) is 5.26 Å². The van der Waals surface area contributed by atoms with Gasteiger partial charge in [-0.15, -0.1) is 0 Å². The van der Waals surface area contributed by atoms with Gasteiger partial charge >= 0.3 is 0 Å². The molecule has 0 aliphatic carbocycles. The molecule has 1 aromatic heterocycles. The summed E-state index contributed by atoms with van der Waals surface area (Å²) in [4.78, 5) is 14.9. The summed E-state index contributed by atoms with van der Waals surface area (Å²) in [7, 11) is -3.68. The van der Waals surface area contributed by atoms with E-state index in [4.69, 9.17) is 16.9 Å². The van der Waals surface area contributed by atoms with Gasteiger partial charge in [0.2, 0.25) is 15.9 Å². The van der Waals surface area contributed by atoms with Gasteiger partial charge in [0.25, 0.3) is 0 Å². The highest BCUT2D eigenvalue weighted by atomic mass is 35.5. The Morgan fingerprint density at radius 3 is 2.24 bits per heavy atom. The topological polar surface area (TPSA) is 99.3 Å². The van der Waals surface area contributed by atoms with Gasteiger partial charge in [0.05, 0.1) is 34.3 Å². The molecule has 8 nitrogen and oxygen atoms in total. The second kappa shape index (κ2) is 9.58. The minimum Gasteiger partial charge on any atom is -0.340 e. The van der Waals surface area contributed by atoms with Crippen LogP contribution in [0.25, 0.3) is 5.69 Å². The van der Waals surface area contributed by atoms with Crippen molar-refractivity contribution in [3.8, 4) is 11.8 Å². The Balaban J connectivity index is 1.42. The van der Waals surface area contributed by atoms with E-state index in [1.807, 2.05) is 32.0 Å². The third-order valence-electron chi connectivity index (χ3n) is 6.05. The molecule has 1 fully saturated rings.